The van der Waals surface area contributed by atoms with E-state index in [1.807, 2.05) is 19.4 Å². The summed E-state index contributed by atoms with van der Waals surface area (Å²) in [5.41, 5.74) is 0. The van der Waals surface area contributed by atoms with Crippen molar-refractivity contribution < 1.29 is 4.74 Å². The fraction of sp³-hybridized carbons (Fsp3) is 0.786. The molecule has 0 bridgehead atoms. The average molecular weight is 251 g/mol. The molecule has 18 heavy (non-hydrogen) atoms. The fourth-order valence-electron chi connectivity index (χ4n) is 2.61. The molecule has 2 heterocycles. The molecule has 2 unspecified atom stereocenters. The molecule has 1 aliphatic heterocycles. The molecule has 4 nitrogen and oxygen atoms in total. The topological polar surface area (TPSA) is 39.1 Å². The summed E-state index contributed by atoms with van der Waals surface area (Å²) in [7, 11) is 2.05. The quantitative estimate of drug-likeness (QED) is 0.839. The van der Waals surface area contributed by atoms with Gasteiger partial charge in [0.25, 0.3) is 0 Å². The molecule has 1 aromatic heterocycles. The lowest BCUT2D eigenvalue weighted by molar-refractivity contribution is -0.00302. The highest BCUT2D eigenvalue weighted by Crippen LogP contribution is 2.17. The van der Waals surface area contributed by atoms with Crippen LogP contribution < -0.4 is 5.32 Å². The van der Waals surface area contributed by atoms with Gasteiger partial charge >= 0.3 is 0 Å². The Balaban J connectivity index is 1.68. The second kappa shape index (κ2) is 6.90. The second-order valence-electron chi connectivity index (χ2n) is 5.16. The zero-order chi connectivity index (χ0) is 12.8. The summed E-state index contributed by atoms with van der Waals surface area (Å²) < 4.78 is 7.85. The van der Waals surface area contributed by atoms with Gasteiger partial charge in [0.05, 0.1) is 6.10 Å². The summed E-state index contributed by atoms with van der Waals surface area (Å²) in [6.07, 6.45) is 10.0. The molecular formula is C14H25N3O. The van der Waals surface area contributed by atoms with E-state index < -0.39 is 0 Å². The van der Waals surface area contributed by atoms with E-state index in [0.717, 1.165) is 38.2 Å². The third-order valence-corrected chi connectivity index (χ3v) is 3.68. The standard InChI is InChI=1S/C14H25N3O/c1-3-4-13-11-12(6-10-18-13)15-7-5-14-16-8-9-17(14)2/h8-9,12-13,15H,3-7,10-11H2,1-2H3. The maximum absolute atomic E-state index is 5.76. The lowest BCUT2D eigenvalue weighted by Gasteiger charge is -2.30. The Kier molecular flexibility index (Phi) is 5.20. The van der Waals surface area contributed by atoms with Crippen molar-refractivity contribution >= 4 is 0 Å². The third-order valence-electron chi connectivity index (χ3n) is 3.68. The molecular weight excluding hydrogens is 226 g/mol. The molecule has 0 saturated carbocycles. The first kappa shape index (κ1) is 13.6. The number of hydrogen-bond acceptors (Lipinski definition) is 3. The fourth-order valence-corrected chi connectivity index (χ4v) is 2.61. The van der Waals surface area contributed by atoms with Crippen molar-refractivity contribution in [3.8, 4) is 0 Å². The predicted molar refractivity (Wildman–Crippen MR) is 72.6 cm³/mol. The molecule has 0 aliphatic carbocycles. The van der Waals surface area contributed by atoms with Crippen LogP contribution in [-0.2, 0) is 18.2 Å². The van der Waals surface area contributed by atoms with Gasteiger partial charge in [-0.2, -0.15) is 0 Å². The number of nitrogens with one attached hydrogen (secondary N) is 1. The number of imidazole rings is 1. The van der Waals surface area contributed by atoms with Gasteiger partial charge in [0.1, 0.15) is 5.82 Å². The van der Waals surface area contributed by atoms with Crippen LogP contribution in [0, 0.1) is 0 Å². The minimum atomic E-state index is 0.467. The minimum absolute atomic E-state index is 0.467. The van der Waals surface area contributed by atoms with Gasteiger partial charge in [-0.05, 0) is 19.3 Å². The molecule has 1 aliphatic rings. The Hall–Kier alpha value is -0.870. The van der Waals surface area contributed by atoms with Crippen LogP contribution in [0.15, 0.2) is 12.4 Å². The maximum Gasteiger partial charge on any atom is 0.109 e. The first-order valence-electron chi connectivity index (χ1n) is 7.10. The molecule has 1 aromatic rings. The Labute approximate surface area is 110 Å². The van der Waals surface area contributed by atoms with Gasteiger partial charge in [0, 0.05) is 45.1 Å². The van der Waals surface area contributed by atoms with Crippen LogP contribution in [0.2, 0.25) is 0 Å². The van der Waals surface area contributed by atoms with Crippen LogP contribution in [0.4, 0.5) is 0 Å². The van der Waals surface area contributed by atoms with Crippen LogP contribution >= 0.6 is 0 Å². The smallest absolute Gasteiger partial charge is 0.109 e. The van der Waals surface area contributed by atoms with Gasteiger partial charge in [-0.1, -0.05) is 13.3 Å². The van der Waals surface area contributed by atoms with Gasteiger partial charge in [0.15, 0.2) is 0 Å². The molecule has 0 amide bonds. The molecule has 4 heteroatoms. The molecule has 1 fully saturated rings. The molecule has 0 aromatic carbocycles. The lowest BCUT2D eigenvalue weighted by Crippen LogP contribution is -2.39. The van der Waals surface area contributed by atoms with Crippen LogP contribution in [0.1, 0.15) is 38.4 Å². The molecule has 0 radical (unpaired) electrons. The molecule has 1 N–H and O–H groups in total. The van der Waals surface area contributed by atoms with Gasteiger partial charge in [-0.3, -0.25) is 0 Å². The predicted octanol–water partition coefficient (Wildman–Crippen LogP) is 1.90. The molecule has 102 valence electrons. The number of aromatic nitrogens is 2. The van der Waals surface area contributed by atoms with Crippen molar-refractivity contribution in [1.82, 2.24) is 14.9 Å². The van der Waals surface area contributed by atoms with E-state index in [4.69, 9.17) is 4.74 Å². The highest BCUT2D eigenvalue weighted by atomic mass is 16.5. The van der Waals surface area contributed by atoms with Crippen LogP contribution in [-0.4, -0.2) is 34.8 Å². The first-order valence-corrected chi connectivity index (χ1v) is 7.10. The second-order valence-corrected chi connectivity index (χ2v) is 5.16. The largest absolute Gasteiger partial charge is 0.378 e. The summed E-state index contributed by atoms with van der Waals surface area (Å²) in [6.45, 7) is 4.14. The van der Waals surface area contributed by atoms with Gasteiger partial charge < -0.3 is 14.6 Å². The van der Waals surface area contributed by atoms with Crippen molar-refractivity contribution in [2.75, 3.05) is 13.2 Å². The molecule has 2 rings (SSSR count). The zero-order valence-electron chi connectivity index (χ0n) is 11.6. The van der Waals surface area contributed by atoms with Gasteiger partial charge in [0.2, 0.25) is 0 Å². The first-order chi connectivity index (χ1) is 8.79. The van der Waals surface area contributed by atoms with E-state index in [9.17, 15) is 0 Å². The molecule has 0 spiro atoms. The van der Waals surface area contributed by atoms with Crippen molar-refractivity contribution in [3.05, 3.63) is 18.2 Å². The van der Waals surface area contributed by atoms with E-state index >= 15 is 0 Å². The number of nitrogens with zero attached hydrogens (tertiary/aromatic N) is 2. The Morgan fingerprint density at radius 1 is 1.56 bits per heavy atom. The van der Waals surface area contributed by atoms with E-state index in [-0.39, 0.29) is 0 Å². The van der Waals surface area contributed by atoms with Crippen LogP contribution in [0.3, 0.4) is 0 Å². The summed E-state index contributed by atoms with van der Waals surface area (Å²) >= 11 is 0. The number of ether oxygens (including phenoxy) is 1. The number of rotatable bonds is 6. The van der Waals surface area contributed by atoms with E-state index in [1.165, 1.54) is 12.8 Å². The van der Waals surface area contributed by atoms with Crippen molar-refractivity contribution in [3.63, 3.8) is 0 Å². The van der Waals surface area contributed by atoms with Crippen LogP contribution in [0.5, 0.6) is 0 Å². The highest BCUT2D eigenvalue weighted by Gasteiger charge is 2.21. The Bertz CT molecular complexity index is 349. The number of aryl methyl sites for hydroxylation is 1. The maximum atomic E-state index is 5.76. The monoisotopic (exact) mass is 251 g/mol. The van der Waals surface area contributed by atoms with Crippen molar-refractivity contribution in [2.24, 2.45) is 7.05 Å². The Morgan fingerprint density at radius 3 is 3.17 bits per heavy atom. The summed E-state index contributed by atoms with van der Waals surface area (Å²) in [4.78, 5) is 4.34. The van der Waals surface area contributed by atoms with E-state index in [1.54, 1.807) is 0 Å². The molecule has 1 saturated heterocycles. The lowest BCUT2D eigenvalue weighted by atomic mass is 10.00. The summed E-state index contributed by atoms with van der Waals surface area (Å²) in [5, 5.41) is 3.64. The average Bonchev–Trinajstić information content (AvgIpc) is 2.76. The third kappa shape index (κ3) is 3.82. The molecule has 2 atom stereocenters. The van der Waals surface area contributed by atoms with E-state index in [2.05, 4.69) is 21.8 Å². The Morgan fingerprint density at radius 2 is 2.44 bits per heavy atom. The van der Waals surface area contributed by atoms with E-state index in [0.29, 0.717) is 12.1 Å². The SMILES string of the molecule is CCCC1CC(NCCc2nccn2C)CCO1. The van der Waals surface area contributed by atoms with Crippen molar-refractivity contribution in [1.29, 1.82) is 0 Å². The highest BCUT2D eigenvalue weighted by molar-refractivity contribution is 4.92. The summed E-state index contributed by atoms with van der Waals surface area (Å²) in [5.74, 6) is 1.15. The van der Waals surface area contributed by atoms with Crippen molar-refractivity contribution in [2.45, 2.75) is 51.2 Å². The minimum Gasteiger partial charge on any atom is -0.378 e. The van der Waals surface area contributed by atoms with Gasteiger partial charge in [-0.25, -0.2) is 4.98 Å². The summed E-state index contributed by atoms with van der Waals surface area (Å²) in [6, 6.07) is 0.621. The normalized spacial score (nSPS) is 24.3. The number of hydrogen-bond donors (Lipinski definition) is 1. The zero-order valence-corrected chi connectivity index (χ0v) is 11.6. The van der Waals surface area contributed by atoms with Crippen LogP contribution in [0.25, 0.3) is 0 Å². The van der Waals surface area contributed by atoms with Gasteiger partial charge in [-0.15, -0.1) is 0 Å².